The smallest absolute Gasteiger partial charge is 0.222 e. The van der Waals surface area contributed by atoms with E-state index < -0.39 is 11.8 Å². The minimum atomic E-state index is -1.30. The minimum Gasteiger partial charge on any atom is -0.378 e. The van der Waals surface area contributed by atoms with Crippen LogP contribution in [-0.2, 0) is 23.7 Å². The molecule has 0 radical (unpaired) electrons. The van der Waals surface area contributed by atoms with Crippen molar-refractivity contribution in [3.05, 3.63) is 0 Å². The Hall–Kier alpha value is -0.800. The Kier molecular flexibility index (Phi) is 18.1. The van der Waals surface area contributed by atoms with Gasteiger partial charge in [-0.2, -0.15) is 0 Å². The van der Waals surface area contributed by atoms with Gasteiger partial charge in [0.25, 0.3) is 0 Å². The van der Waals surface area contributed by atoms with Crippen LogP contribution >= 0.6 is 0 Å². The summed E-state index contributed by atoms with van der Waals surface area (Å²) in [6.07, 6.45) is 2.88. The standard InChI is InChI=1S/C25H51FN2O5/c1-8-11-25(7,10-3)28-12-13-30-14-15-31-16-17-32-18-19-33-24(5,6)22(26)20-27-23(29)21(4)9-2/h21-22,28H,8-20H2,1-7H3,(H,27,29). The maximum Gasteiger partial charge on any atom is 0.222 e. The molecule has 0 aliphatic rings. The van der Waals surface area contributed by atoms with Crippen LogP contribution < -0.4 is 10.6 Å². The molecule has 0 heterocycles. The predicted octanol–water partition coefficient (Wildman–Crippen LogP) is 3.89. The third-order valence-electron chi connectivity index (χ3n) is 6.10. The lowest BCUT2D eigenvalue weighted by Gasteiger charge is -2.29. The third kappa shape index (κ3) is 15.7. The fourth-order valence-electron chi connectivity index (χ4n) is 3.16. The van der Waals surface area contributed by atoms with Crippen LogP contribution in [0.2, 0.25) is 0 Å². The van der Waals surface area contributed by atoms with Gasteiger partial charge in [-0.1, -0.05) is 34.1 Å². The van der Waals surface area contributed by atoms with Crippen molar-refractivity contribution < 1.29 is 28.1 Å². The predicted molar refractivity (Wildman–Crippen MR) is 131 cm³/mol. The molecule has 0 bridgehead atoms. The molecule has 198 valence electrons. The molecule has 0 aliphatic carbocycles. The van der Waals surface area contributed by atoms with Crippen molar-refractivity contribution in [1.29, 1.82) is 0 Å². The highest BCUT2D eigenvalue weighted by molar-refractivity contribution is 5.78. The molecule has 0 aliphatic heterocycles. The van der Waals surface area contributed by atoms with Crippen LogP contribution in [0.25, 0.3) is 0 Å². The van der Waals surface area contributed by atoms with E-state index >= 15 is 0 Å². The Bertz CT molecular complexity index is 495. The number of hydrogen-bond acceptors (Lipinski definition) is 6. The van der Waals surface area contributed by atoms with E-state index in [9.17, 15) is 9.18 Å². The molecule has 3 unspecified atom stereocenters. The Morgan fingerprint density at radius 1 is 0.909 bits per heavy atom. The molecular formula is C25H51FN2O5. The molecule has 7 nitrogen and oxygen atoms in total. The zero-order chi connectivity index (χ0) is 25.2. The maximum absolute atomic E-state index is 14.4. The number of rotatable bonds is 22. The van der Waals surface area contributed by atoms with Crippen LogP contribution in [0.5, 0.6) is 0 Å². The van der Waals surface area contributed by atoms with E-state index in [1.54, 1.807) is 13.8 Å². The summed E-state index contributed by atoms with van der Waals surface area (Å²) in [5.74, 6) is -0.249. The number of halogens is 1. The second-order valence-electron chi connectivity index (χ2n) is 9.40. The monoisotopic (exact) mass is 478 g/mol. The van der Waals surface area contributed by atoms with E-state index in [-0.39, 0.29) is 30.5 Å². The lowest BCUT2D eigenvalue weighted by atomic mass is 9.93. The highest BCUT2D eigenvalue weighted by Gasteiger charge is 2.31. The van der Waals surface area contributed by atoms with Gasteiger partial charge < -0.3 is 29.6 Å². The molecule has 2 N–H and O–H groups in total. The molecule has 0 spiro atoms. The molecule has 0 aromatic rings. The van der Waals surface area contributed by atoms with E-state index in [0.717, 1.165) is 19.4 Å². The zero-order valence-electron chi connectivity index (χ0n) is 22.3. The number of alkyl halides is 1. The Morgan fingerprint density at radius 2 is 1.45 bits per heavy atom. The lowest BCUT2D eigenvalue weighted by Crippen LogP contribution is -2.45. The van der Waals surface area contributed by atoms with Crippen molar-refractivity contribution >= 4 is 5.91 Å². The molecule has 0 aromatic heterocycles. The topological polar surface area (TPSA) is 78.1 Å². The first-order chi connectivity index (χ1) is 15.6. The highest BCUT2D eigenvalue weighted by atomic mass is 19.1. The van der Waals surface area contributed by atoms with Crippen LogP contribution in [0.15, 0.2) is 0 Å². The van der Waals surface area contributed by atoms with Gasteiger partial charge in [-0.3, -0.25) is 4.79 Å². The Morgan fingerprint density at radius 3 is 1.97 bits per heavy atom. The van der Waals surface area contributed by atoms with Crippen LogP contribution in [0, 0.1) is 5.92 Å². The summed E-state index contributed by atoms with van der Waals surface area (Å²) in [7, 11) is 0. The third-order valence-corrected chi connectivity index (χ3v) is 6.10. The summed E-state index contributed by atoms with van der Waals surface area (Å²) < 4.78 is 36.6. The van der Waals surface area contributed by atoms with Gasteiger partial charge >= 0.3 is 0 Å². The molecule has 33 heavy (non-hydrogen) atoms. The summed E-state index contributed by atoms with van der Waals surface area (Å²) >= 11 is 0. The van der Waals surface area contributed by atoms with Crippen molar-refractivity contribution in [2.75, 3.05) is 59.3 Å². The number of hydrogen-bond donors (Lipinski definition) is 2. The molecular weight excluding hydrogens is 427 g/mol. The Balaban J connectivity index is 3.65. The number of amides is 1. The van der Waals surface area contributed by atoms with Gasteiger partial charge in [0, 0.05) is 18.0 Å². The average molecular weight is 479 g/mol. The first-order valence-electron chi connectivity index (χ1n) is 12.7. The number of ether oxygens (including phenoxy) is 4. The van der Waals surface area contributed by atoms with Gasteiger partial charge in [-0.15, -0.1) is 0 Å². The van der Waals surface area contributed by atoms with Gasteiger partial charge in [0.2, 0.25) is 5.91 Å². The van der Waals surface area contributed by atoms with E-state index in [2.05, 4.69) is 31.4 Å². The van der Waals surface area contributed by atoms with Crippen molar-refractivity contribution in [2.24, 2.45) is 5.92 Å². The molecule has 0 saturated carbocycles. The van der Waals surface area contributed by atoms with Crippen LogP contribution in [0.4, 0.5) is 4.39 Å². The van der Waals surface area contributed by atoms with Crippen LogP contribution in [-0.4, -0.2) is 82.6 Å². The first-order valence-corrected chi connectivity index (χ1v) is 12.7. The molecule has 3 atom stereocenters. The molecule has 0 fully saturated rings. The fraction of sp³-hybridized carbons (Fsp3) is 0.960. The second kappa shape index (κ2) is 18.5. The first kappa shape index (κ1) is 32.2. The van der Waals surface area contributed by atoms with E-state index in [1.165, 1.54) is 12.8 Å². The quantitative estimate of drug-likeness (QED) is 0.230. The zero-order valence-corrected chi connectivity index (χ0v) is 22.3. The minimum absolute atomic E-state index is 0.0559. The molecule has 0 aromatic carbocycles. The molecule has 0 rings (SSSR count). The summed E-state index contributed by atoms with van der Waals surface area (Å²) in [4.78, 5) is 11.8. The van der Waals surface area contributed by atoms with E-state index in [4.69, 9.17) is 18.9 Å². The summed E-state index contributed by atoms with van der Waals surface area (Å²) in [5, 5.41) is 6.22. The van der Waals surface area contributed by atoms with Crippen LogP contribution in [0.3, 0.4) is 0 Å². The molecule has 1 amide bonds. The molecule has 0 saturated heterocycles. The van der Waals surface area contributed by atoms with Gasteiger partial charge in [0.05, 0.1) is 58.4 Å². The van der Waals surface area contributed by atoms with E-state index in [0.29, 0.717) is 39.6 Å². The van der Waals surface area contributed by atoms with Crippen molar-refractivity contribution in [3.63, 3.8) is 0 Å². The largest absolute Gasteiger partial charge is 0.378 e. The summed E-state index contributed by atoms with van der Waals surface area (Å²) in [5.41, 5.74) is -0.806. The number of nitrogens with one attached hydrogen (secondary N) is 2. The number of carbonyl (C=O) groups is 1. The number of carbonyl (C=O) groups excluding carboxylic acids is 1. The average Bonchev–Trinajstić information content (AvgIpc) is 2.79. The van der Waals surface area contributed by atoms with Gasteiger partial charge in [-0.05, 0) is 40.0 Å². The van der Waals surface area contributed by atoms with Crippen LogP contribution in [0.1, 0.15) is 74.1 Å². The fourth-order valence-corrected chi connectivity index (χ4v) is 3.16. The maximum atomic E-state index is 14.4. The SMILES string of the molecule is CCCC(C)(CC)NCCOCCOCCOCCOC(C)(C)C(F)CNC(=O)C(C)CC. The lowest BCUT2D eigenvalue weighted by molar-refractivity contribution is -0.126. The summed E-state index contributed by atoms with van der Waals surface area (Å²) in [6.45, 7) is 17.9. The van der Waals surface area contributed by atoms with Crippen molar-refractivity contribution in [2.45, 2.75) is 91.5 Å². The Labute approximate surface area is 201 Å². The van der Waals surface area contributed by atoms with Gasteiger partial charge in [-0.25, -0.2) is 4.39 Å². The van der Waals surface area contributed by atoms with Crippen molar-refractivity contribution in [1.82, 2.24) is 10.6 Å². The van der Waals surface area contributed by atoms with Gasteiger partial charge in [0.15, 0.2) is 0 Å². The van der Waals surface area contributed by atoms with Crippen molar-refractivity contribution in [3.8, 4) is 0 Å². The summed E-state index contributed by atoms with van der Waals surface area (Å²) in [6, 6.07) is 0. The highest BCUT2D eigenvalue weighted by Crippen LogP contribution is 2.18. The molecule has 8 heteroatoms. The normalized spacial score (nSPS) is 15.8. The second-order valence-corrected chi connectivity index (χ2v) is 9.40. The van der Waals surface area contributed by atoms with Gasteiger partial charge in [0.1, 0.15) is 6.17 Å². The van der Waals surface area contributed by atoms with E-state index in [1.807, 2.05) is 13.8 Å².